The standard InChI is InChI=1S/C22H21BrN5O/c1-15(24)14-28(17-5-3-16(23)4-6-17)22-26-20-13-19(7-8-21(20)27(22)2)29-18-9-11-25-12-10-18/h3-11,13,15H,14,24H2,1-2H3/t15-/m1/s1. The van der Waals surface area contributed by atoms with Crippen molar-refractivity contribution in [1.82, 2.24) is 14.5 Å². The SMILES string of the molecule is C[C@@H](N)CN(c1ccc(Br)cc1)c1nc2cc(Oc3c[c]ncc3)ccc2n1C. The van der Waals surface area contributed by atoms with Crippen molar-refractivity contribution < 1.29 is 4.74 Å². The van der Waals surface area contributed by atoms with E-state index in [1.807, 2.05) is 44.3 Å². The minimum Gasteiger partial charge on any atom is -0.457 e. The van der Waals surface area contributed by atoms with Gasteiger partial charge in [-0.15, -0.1) is 0 Å². The van der Waals surface area contributed by atoms with E-state index in [-0.39, 0.29) is 6.04 Å². The Balaban J connectivity index is 1.73. The molecule has 2 aromatic carbocycles. The molecule has 0 amide bonds. The lowest BCUT2D eigenvalue weighted by Crippen LogP contribution is -2.33. The van der Waals surface area contributed by atoms with Crippen molar-refractivity contribution >= 4 is 38.6 Å². The number of nitrogens with two attached hydrogens (primary N) is 1. The summed E-state index contributed by atoms with van der Waals surface area (Å²) in [5, 5.41) is 0. The van der Waals surface area contributed by atoms with E-state index >= 15 is 0 Å². The van der Waals surface area contributed by atoms with Gasteiger partial charge in [0.1, 0.15) is 11.5 Å². The van der Waals surface area contributed by atoms with Crippen LogP contribution < -0.4 is 15.4 Å². The molecule has 0 saturated carbocycles. The first-order valence-corrected chi connectivity index (χ1v) is 10.1. The fraction of sp³-hybridized carbons (Fsp3) is 0.182. The fourth-order valence-corrected chi connectivity index (χ4v) is 3.45. The lowest BCUT2D eigenvalue weighted by Gasteiger charge is -2.25. The molecular formula is C22H21BrN5O. The van der Waals surface area contributed by atoms with Crippen LogP contribution >= 0.6 is 15.9 Å². The summed E-state index contributed by atoms with van der Waals surface area (Å²) >= 11 is 3.50. The Kier molecular flexibility index (Phi) is 5.51. The summed E-state index contributed by atoms with van der Waals surface area (Å²) in [5.41, 5.74) is 9.04. The number of halogens is 1. The number of hydrogen-bond acceptors (Lipinski definition) is 5. The van der Waals surface area contributed by atoms with Gasteiger partial charge in [-0.3, -0.25) is 4.98 Å². The van der Waals surface area contributed by atoms with Gasteiger partial charge >= 0.3 is 0 Å². The summed E-state index contributed by atoms with van der Waals surface area (Å²) in [4.78, 5) is 10.9. The lowest BCUT2D eigenvalue weighted by molar-refractivity contribution is 0.482. The van der Waals surface area contributed by atoms with Gasteiger partial charge in [-0.05, 0) is 49.4 Å². The van der Waals surface area contributed by atoms with Gasteiger partial charge in [0, 0.05) is 48.1 Å². The molecule has 2 N–H and O–H groups in total. The maximum atomic E-state index is 6.14. The van der Waals surface area contributed by atoms with E-state index in [0.29, 0.717) is 18.0 Å². The summed E-state index contributed by atoms with van der Waals surface area (Å²) < 4.78 is 9.00. The van der Waals surface area contributed by atoms with Crippen molar-refractivity contribution in [3.63, 3.8) is 0 Å². The molecule has 0 fully saturated rings. The zero-order valence-corrected chi connectivity index (χ0v) is 17.8. The molecule has 0 spiro atoms. The number of fused-ring (bicyclic) bond motifs is 1. The molecule has 1 atom stereocenters. The number of rotatable bonds is 6. The monoisotopic (exact) mass is 450 g/mol. The number of benzene rings is 2. The van der Waals surface area contributed by atoms with Crippen LogP contribution in [0.1, 0.15) is 6.92 Å². The summed E-state index contributed by atoms with van der Waals surface area (Å²) in [6.07, 6.45) is 4.42. The van der Waals surface area contributed by atoms with Crippen LogP contribution in [0.25, 0.3) is 11.0 Å². The highest BCUT2D eigenvalue weighted by atomic mass is 79.9. The van der Waals surface area contributed by atoms with Crippen molar-refractivity contribution in [2.45, 2.75) is 13.0 Å². The third-order valence-corrected chi connectivity index (χ3v) is 5.04. The molecule has 6 nitrogen and oxygen atoms in total. The molecule has 0 unspecified atom stereocenters. The number of anilines is 2. The summed E-state index contributed by atoms with van der Waals surface area (Å²) in [7, 11) is 2.01. The molecule has 0 aliphatic rings. The van der Waals surface area contributed by atoms with Crippen molar-refractivity contribution in [3.05, 3.63) is 71.5 Å². The molecule has 0 bridgehead atoms. The van der Waals surface area contributed by atoms with Gasteiger partial charge in [-0.25, -0.2) is 4.98 Å². The number of imidazole rings is 1. The van der Waals surface area contributed by atoms with Crippen molar-refractivity contribution in [2.24, 2.45) is 12.8 Å². The molecule has 2 heterocycles. The first-order valence-electron chi connectivity index (χ1n) is 9.26. The van der Waals surface area contributed by atoms with Gasteiger partial charge in [-0.2, -0.15) is 0 Å². The van der Waals surface area contributed by atoms with Crippen molar-refractivity contribution in [1.29, 1.82) is 0 Å². The molecule has 1 radical (unpaired) electrons. The quantitative estimate of drug-likeness (QED) is 0.456. The Morgan fingerprint density at radius 2 is 1.97 bits per heavy atom. The van der Waals surface area contributed by atoms with Crippen LogP contribution in [-0.4, -0.2) is 27.1 Å². The van der Waals surface area contributed by atoms with E-state index in [1.54, 1.807) is 18.3 Å². The van der Waals surface area contributed by atoms with Crippen molar-refractivity contribution in [3.8, 4) is 11.5 Å². The molecule has 0 saturated heterocycles. The Morgan fingerprint density at radius 3 is 2.66 bits per heavy atom. The zero-order chi connectivity index (χ0) is 20.4. The number of ether oxygens (including phenoxy) is 1. The molecule has 7 heteroatoms. The Bertz CT molecular complexity index is 1110. The minimum absolute atomic E-state index is 0.0136. The molecule has 4 aromatic rings. The van der Waals surface area contributed by atoms with Crippen LogP contribution in [-0.2, 0) is 7.05 Å². The normalized spacial score (nSPS) is 12.1. The highest BCUT2D eigenvalue weighted by molar-refractivity contribution is 9.10. The summed E-state index contributed by atoms with van der Waals surface area (Å²) in [6, 6.07) is 17.5. The smallest absolute Gasteiger partial charge is 0.210 e. The van der Waals surface area contributed by atoms with Crippen LogP contribution in [0, 0.1) is 6.20 Å². The molecular weight excluding hydrogens is 430 g/mol. The second-order valence-electron chi connectivity index (χ2n) is 6.91. The molecule has 147 valence electrons. The average molecular weight is 451 g/mol. The average Bonchev–Trinajstić information content (AvgIpc) is 3.03. The second kappa shape index (κ2) is 8.23. The highest BCUT2D eigenvalue weighted by Crippen LogP contribution is 2.31. The number of hydrogen-bond donors (Lipinski definition) is 1. The molecule has 0 aliphatic heterocycles. The Hall–Kier alpha value is -2.90. The molecule has 29 heavy (non-hydrogen) atoms. The van der Waals surface area contributed by atoms with Gasteiger partial charge in [0.15, 0.2) is 0 Å². The number of aromatic nitrogens is 3. The van der Waals surface area contributed by atoms with Crippen LogP contribution in [0.5, 0.6) is 11.5 Å². The lowest BCUT2D eigenvalue weighted by atomic mass is 10.2. The van der Waals surface area contributed by atoms with Crippen LogP contribution in [0.2, 0.25) is 0 Å². The topological polar surface area (TPSA) is 69.2 Å². The predicted octanol–water partition coefficient (Wildman–Crippen LogP) is 4.81. The first-order chi connectivity index (χ1) is 14.0. The van der Waals surface area contributed by atoms with Gasteiger partial charge in [-0.1, -0.05) is 15.9 Å². The second-order valence-corrected chi connectivity index (χ2v) is 7.82. The third kappa shape index (κ3) is 4.26. The number of aryl methyl sites for hydroxylation is 1. The molecule has 4 rings (SSSR count). The van der Waals surface area contributed by atoms with E-state index in [9.17, 15) is 0 Å². The van der Waals surface area contributed by atoms with E-state index in [4.69, 9.17) is 15.5 Å². The predicted molar refractivity (Wildman–Crippen MR) is 119 cm³/mol. The third-order valence-electron chi connectivity index (χ3n) is 4.51. The van der Waals surface area contributed by atoms with Crippen molar-refractivity contribution in [2.75, 3.05) is 11.4 Å². The summed E-state index contributed by atoms with van der Waals surface area (Å²) in [5.74, 6) is 2.22. The van der Waals surface area contributed by atoms with Crippen LogP contribution in [0.3, 0.4) is 0 Å². The number of nitrogens with zero attached hydrogens (tertiary/aromatic N) is 4. The zero-order valence-electron chi connectivity index (χ0n) is 16.2. The number of pyridine rings is 1. The van der Waals surface area contributed by atoms with Gasteiger partial charge in [0.05, 0.1) is 17.2 Å². The maximum absolute atomic E-state index is 6.14. The van der Waals surface area contributed by atoms with Crippen LogP contribution in [0.15, 0.2) is 65.3 Å². The van der Waals surface area contributed by atoms with Crippen LogP contribution in [0.4, 0.5) is 11.6 Å². The Morgan fingerprint density at radius 1 is 1.17 bits per heavy atom. The van der Waals surface area contributed by atoms with Gasteiger partial charge < -0.3 is 19.9 Å². The van der Waals surface area contributed by atoms with E-state index < -0.39 is 0 Å². The fourth-order valence-electron chi connectivity index (χ4n) is 3.19. The summed E-state index contributed by atoms with van der Waals surface area (Å²) in [6.45, 7) is 2.64. The van der Waals surface area contributed by atoms with E-state index in [0.717, 1.165) is 27.1 Å². The van der Waals surface area contributed by atoms with Gasteiger partial charge in [0.25, 0.3) is 0 Å². The van der Waals surface area contributed by atoms with E-state index in [2.05, 4.69) is 48.7 Å². The van der Waals surface area contributed by atoms with E-state index in [1.165, 1.54) is 0 Å². The van der Waals surface area contributed by atoms with Gasteiger partial charge in [0.2, 0.25) is 5.95 Å². The minimum atomic E-state index is -0.0136. The first kappa shape index (κ1) is 19.4. The largest absolute Gasteiger partial charge is 0.457 e. The maximum Gasteiger partial charge on any atom is 0.210 e. The molecule has 0 aliphatic carbocycles. The highest BCUT2D eigenvalue weighted by Gasteiger charge is 2.18. The Labute approximate surface area is 178 Å². The molecule has 2 aromatic heterocycles.